The second kappa shape index (κ2) is 10.4. The fourth-order valence-electron chi connectivity index (χ4n) is 2.01. The third-order valence-electron chi connectivity index (χ3n) is 3.15. The molecule has 19 heavy (non-hydrogen) atoms. The Balaban J connectivity index is 2.22. The fraction of sp³-hybridized carbons (Fsp3) is 0.625. The standard InChI is InChI=1S/C16H26BrNO/c1-3-4-5-6-7-10-19-13-15-9-8-14(12-18-2)11-16(15)17/h8-9,11,18H,3-7,10,12-13H2,1-2H3. The van der Waals surface area contributed by atoms with Gasteiger partial charge in [0.05, 0.1) is 6.61 Å². The molecule has 0 spiro atoms. The van der Waals surface area contributed by atoms with Gasteiger partial charge in [0.25, 0.3) is 0 Å². The molecule has 2 nitrogen and oxygen atoms in total. The van der Waals surface area contributed by atoms with Crippen LogP contribution < -0.4 is 5.32 Å². The molecule has 0 aromatic heterocycles. The van der Waals surface area contributed by atoms with E-state index < -0.39 is 0 Å². The summed E-state index contributed by atoms with van der Waals surface area (Å²) in [6.07, 6.45) is 6.44. The molecule has 1 aromatic rings. The first kappa shape index (κ1) is 16.7. The van der Waals surface area contributed by atoms with Crippen molar-refractivity contribution in [2.24, 2.45) is 0 Å². The molecule has 0 radical (unpaired) electrons. The number of hydrogen-bond acceptors (Lipinski definition) is 2. The number of unbranched alkanes of at least 4 members (excludes halogenated alkanes) is 4. The van der Waals surface area contributed by atoms with Crippen LogP contribution in [0.3, 0.4) is 0 Å². The summed E-state index contributed by atoms with van der Waals surface area (Å²) in [5, 5.41) is 3.16. The van der Waals surface area contributed by atoms with Crippen LogP contribution in [0.2, 0.25) is 0 Å². The van der Waals surface area contributed by atoms with E-state index in [1.807, 2.05) is 7.05 Å². The van der Waals surface area contributed by atoms with Crippen molar-refractivity contribution in [1.29, 1.82) is 0 Å². The van der Waals surface area contributed by atoms with E-state index in [1.165, 1.54) is 43.2 Å². The van der Waals surface area contributed by atoms with Crippen LogP contribution in [0.1, 0.15) is 50.2 Å². The lowest BCUT2D eigenvalue weighted by Gasteiger charge is -2.08. The van der Waals surface area contributed by atoms with Crippen molar-refractivity contribution in [2.45, 2.75) is 52.2 Å². The summed E-state index contributed by atoms with van der Waals surface area (Å²) in [6, 6.07) is 6.46. The predicted octanol–water partition coefficient (Wildman–Crippen LogP) is 4.66. The molecule has 1 aromatic carbocycles. The van der Waals surface area contributed by atoms with Crippen LogP contribution in [-0.2, 0) is 17.9 Å². The van der Waals surface area contributed by atoms with Crippen molar-refractivity contribution in [1.82, 2.24) is 5.32 Å². The largest absolute Gasteiger partial charge is 0.377 e. The molecule has 0 bridgehead atoms. The first-order chi connectivity index (χ1) is 9.27. The summed E-state index contributed by atoms with van der Waals surface area (Å²) in [4.78, 5) is 0. The molecule has 3 heteroatoms. The Hall–Kier alpha value is -0.380. The lowest BCUT2D eigenvalue weighted by atomic mass is 10.1. The van der Waals surface area contributed by atoms with Gasteiger partial charge < -0.3 is 10.1 Å². The second-order valence-corrected chi connectivity index (χ2v) is 5.78. The zero-order valence-corrected chi connectivity index (χ0v) is 13.8. The van der Waals surface area contributed by atoms with Gasteiger partial charge in [0.15, 0.2) is 0 Å². The molecule has 0 amide bonds. The van der Waals surface area contributed by atoms with E-state index >= 15 is 0 Å². The molecule has 0 atom stereocenters. The van der Waals surface area contributed by atoms with Crippen LogP contribution in [-0.4, -0.2) is 13.7 Å². The number of benzene rings is 1. The minimum atomic E-state index is 0.703. The van der Waals surface area contributed by atoms with Gasteiger partial charge in [-0.3, -0.25) is 0 Å². The maximum absolute atomic E-state index is 5.73. The molecule has 0 unspecified atom stereocenters. The molecule has 0 aliphatic rings. The lowest BCUT2D eigenvalue weighted by molar-refractivity contribution is 0.116. The van der Waals surface area contributed by atoms with E-state index in [4.69, 9.17) is 4.74 Å². The van der Waals surface area contributed by atoms with Crippen LogP contribution >= 0.6 is 15.9 Å². The molecule has 0 fully saturated rings. The maximum atomic E-state index is 5.73. The second-order valence-electron chi connectivity index (χ2n) is 4.92. The van der Waals surface area contributed by atoms with Gasteiger partial charge in [-0.2, -0.15) is 0 Å². The maximum Gasteiger partial charge on any atom is 0.0727 e. The first-order valence-electron chi connectivity index (χ1n) is 7.27. The third kappa shape index (κ3) is 7.09. The number of nitrogens with one attached hydrogen (secondary N) is 1. The van der Waals surface area contributed by atoms with Gasteiger partial charge in [-0.1, -0.05) is 60.7 Å². The molecule has 0 aliphatic heterocycles. The first-order valence-corrected chi connectivity index (χ1v) is 8.07. The fourth-order valence-corrected chi connectivity index (χ4v) is 2.55. The van der Waals surface area contributed by atoms with Crippen molar-refractivity contribution >= 4 is 15.9 Å². The molecule has 108 valence electrons. The van der Waals surface area contributed by atoms with Crippen molar-refractivity contribution < 1.29 is 4.74 Å². The Morgan fingerprint density at radius 1 is 1.16 bits per heavy atom. The normalized spacial score (nSPS) is 10.9. The van der Waals surface area contributed by atoms with Gasteiger partial charge in [-0.05, 0) is 30.7 Å². The Labute approximate surface area is 126 Å². The Bertz CT molecular complexity index is 355. The van der Waals surface area contributed by atoms with Crippen LogP contribution in [0, 0.1) is 0 Å². The van der Waals surface area contributed by atoms with Crippen molar-refractivity contribution in [3.8, 4) is 0 Å². The van der Waals surface area contributed by atoms with E-state index in [0.717, 1.165) is 17.6 Å². The number of rotatable bonds is 10. The van der Waals surface area contributed by atoms with Gasteiger partial charge in [-0.25, -0.2) is 0 Å². The summed E-state index contributed by atoms with van der Waals surface area (Å²) in [5.41, 5.74) is 2.52. The van der Waals surface area contributed by atoms with Crippen LogP contribution in [0.4, 0.5) is 0 Å². The average molecular weight is 328 g/mol. The SMILES string of the molecule is CCCCCCCOCc1ccc(CNC)cc1Br. The summed E-state index contributed by atoms with van der Waals surface area (Å²) < 4.78 is 6.88. The van der Waals surface area contributed by atoms with E-state index in [0.29, 0.717) is 6.61 Å². The van der Waals surface area contributed by atoms with E-state index in [-0.39, 0.29) is 0 Å². The van der Waals surface area contributed by atoms with Gasteiger partial charge in [0.1, 0.15) is 0 Å². The summed E-state index contributed by atoms with van der Waals surface area (Å²) in [6.45, 7) is 4.71. The molecular formula is C16H26BrNO. The number of halogens is 1. The summed E-state index contributed by atoms with van der Waals surface area (Å²) in [5.74, 6) is 0. The monoisotopic (exact) mass is 327 g/mol. The lowest BCUT2D eigenvalue weighted by Crippen LogP contribution is -2.05. The topological polar surface area (TPSA) is 21.3 Å². The van der Waals surface area contributed by atoms with Crippen molar-refractivity contribution in [2.75, 3.05) is 13.7 Å². The highest BCUT2D eigenvalue weighted by molar-refractivity contribution is 9.10. The highest BCUT2D eigenvalue weighted by Gasteiger charge is 2.01. The van der Waals surface area contributed by atoms with Gasteiger partial charge in [-0.15, -0.1) is 0 Å². The van der Waals surface area contributed by atoms with Crippen LogP contribution in [0.25, 0.3) is 0 Å². The Kier molecular flexibility index (Phi) is 9.14. The third-order valence-corrected chi connectivity index (χ3v) is 3.89. The van der Waals surface area contributed by atoms with Crippen LogP contribution in [0.15, 0.2) is 22.7 Å². The predicted molar refractivity (Wildman–Crippen MR) is 85.3 cm³/mol. The quantitative estimate of drug-likeness (QED) is 0.631. The zero-order chi connectivity index (χ0) is 13.9. The molecule has 1 N–H and O–H groups in total. The molecule has 0 saturated heterocycles. The number of ether oxygens (including phenoxy) is 1. The summed E-state index contributed by atoms with van der Waals surface area (Å²) >= 11 is 3.61. The van der Waals surface area contributed by atoms with Gasteiger partial charge >= 0.3 is 0 Å². The summed E-state index contributed by atoms with van der Waals surface area (Å²) in [7, 11) is 1.96. The molecule has 1 rings (SSSR count). The molecule has 0 saturated carbocycles. The highest BCUT2D eigenvalue weighted by Crippen LogP contribution is 2.19. The Morgan fingerprint density at radius 3 is 2.63 bits per heavy atom. The smallest absolute Gasteiger partial charge is 0.0727 e. The average Bonchev–Trinajstić information content (AvgIpc) is 2.40. The Morgan fingerprint density at radius 2 is 1.95 bits per heavy atom. The minimum Gasteiger partial charge on any atom is -0.377 e. The molecule has 0 heterocycles. The van der Waals surface area contributed by atoms with Crippen LogP contribution in [0.5, 0.6) is 0 Å². The molecular weight excluding hydrogens is 302 g/mol. The van der Waals surface area contributed by atoms with Gasteiger partial charge in [0.2, 0.25) is 0 Å². The number of hydrogen-bond donors (Lipinski definition) is 1. The van der Waals surface area contributed by atoms with Gasteiger partial charge in [0, 0.05) is 17.6 Å². The van der Waals surface area contributed by atoms with E-state index in [1.54, 1.807) is 0 Å². The highest BCUT2D eigenvalue weighted by atomic mass is 79.9. The zero-order valence-electron chi connectivity index (χ0n) is 12.2. The van der Waals surface area contributed by atoms with Crippen molar-refractivity contribution in [3.05, 3.63) is 33.8 Å². The van der Waals surface area contributed by atoms with E-state index in [9.17, 15) is 0 Å². The van der Waals surface area contributed by atoms with Crippen molar-refractivity contribution in [3.63, 3.8) is 0 Å². The minimum absolute atomic E-state index is 0.703. The molecule has 0 aliphatic carbocycles. The van der Waals surface area contributed by atoms with E-state index in [2.05, 4.69) is 46.4 Å².